The quantitative estimate of drug-likeness (QED) is 0.101. The molecule has 0 aromatic heterocycles. The predicted octanol–water partition coefficient (Wildman–Crippen LogP) is 5.66. The first-order valence-corrected chi connectivity index (χ1v) is 15.3. The van der Waals surface area contributed by atoms with E-state index in [2.05, 4.69) is 6.92 Å². The van der Waals surface area contributed by atoms with Crippen LogP contribution < -0.4 is 0 Å². The van der Waals surface area contributed by atoms with Crippen LogP contribution in [-0.4, -0.2) is 104 Å². The van der Waals surface area contributed by atoms with Gasteiger partial charge in [-0.3, -0.25) is 4.79 Å². The van der Waals surface area contributed by atoms with Gasteiger partial charge in [-0.05, 0) is 6.42 Å². The summed E-state index contributed by atoms with van der Waals surface area (Å²) in [6.45, 7) is 8.80. The molecule has 8 nitrogen and oxygen atoms in total. The Hall–Kier alpha value is -0.770. The van der Waals surface area contributed by atoms with E-state index in [0.29, 0.717) is 85.6 Å². The molecule has 0 saturated carbocycles. The molecule has 0 aliphatic rings. The van der Waals surface area contributed by atoms with Crippen LogP contribution in [0, 0.1) is 0 Å². The van der Waals surface area contributed by atoms with Crippen molar-refractivity contribution in [2.75, 3.05) is 93.4 Å². The SMILES string of the molecule is CCCCCCCCCCCCCCCC(=O)N(CCOCCOCCOC)CCOCCOCCOC. The molecule has 0 atom stereocenters. The molecule has 0 N–H and O–H groups in total. The summed E-state index contributed by atoms with van der Waals surface area (Å²) >= 11 is 0. The van der Waals surface area contributed by atoms with Crippen molar-refractivity contribution in [2.24, 2.45) is 0 Å². The molecule has 0 aromatic carbocycles. The van der Waals surface area contributed by atoms with Crippen molar-refractivity contribution >= 4 is 5.91 Å². The zero-order valence-electron chi connectivity index (χ0n) is 25.2. The summed E-state index contributed by atoms with van der Waals surface area (Å²) in [6, 6.07) is 0. The number of hydrogen-bond donors (Lipinski definition) is 0. The zero-order valence-corrected chi connectivity index (χ0v) is 25.2. The van der Waals surface area contributed by atoms with Gasteiger partial charge < -0.3 is 33.3 Å². The third-order valence-electron chi connectivity index (χ3n) is 6.47. The molecule has 0 bridgehead atoms. The van der Waals surface area contributed by atoms with E-state index in [1.165, 1.54) is 70.6 Å². The topological polar surface area (TPSA) is 75.7 Å². The molecule has 0 rings (SSSR count). The molecule has 228 valence electrons. The average molecular weight is 548 g/mol. The van der Waals surface area contributed by atoms with Crippen molar-refractivity contribution in [3.63, 3.8) is 0 Å². The van der Waals surface area contributed by atoms with Crippen molar-refractivity contribution in [1.29, 1.82) is 0 Å². The Labute approximate surface area is 234 Å². The van der Waals surface area contributed by atoms with Crippen LogP contribution >= 0.6 is 0 Å². The Kier molecular flexibility index (Phi) is 31.8. The van der Waals surface area contributed by atoms with Crippen LogP contribution in [-0.2, 0) is 33.2 Å². The Morgan fingerprint density at radius 3 is 1.21 bits per heavy atom. The molecule has 8 heteroatoms. The average Bonchev–Trinajstić information content (AvgIpc) is 2.92. The highest BCUT2D eigenvalue weighted by atomic mass is 16.5. The Bertz CT molecular complexity index is 448. The van der Waals surface area contributed by atoms with E-state index in [9.17, 15) is 4.79 Å². The van der Waals surface area contributed by atoms with Crippen molar-refractivity contribution in [1.82, 2.24) is 4.90 Å². The Morgan fingerprint density at radius 2 is 0.816 bits per heavy atom. The fourth-order valence-corrected chi connectivity index (χ4v) is 4.09. The van der Waals surface area contributed by atoms with Crippen LogP contribution in [0.25, 0.3) is 0 Å². The van der Waals surface area contributed by atoms with Gasteiger partial charge in [0.2, 0.25) is 5.91 Å². The largest absolute Gasteiger partial charge is 0.382 e. The van der Waals surface area contributed by atoms with Gasteiger partial charge in [-0.15, -0.1) is 0 Å². The molecule has 0 fully saturated rings. The maximum absolute atomic E-state index is 12.9. The number of carbonyl (C=O) groups excluding carboxylic acids is 1. The first-order valence-electron chi connectivity index (χ1n) is 15.3. The van der Waals surface area contributed by atoms with Gasteiger partial charge >= 0.3 is 0 Å². The predicted molar refractivity (Wildman–Crippen MR) is 154 cm³/mol. The molecule has 0 aliphatic carbocycles. The smallest absolute Gasteiger partial charge is 0.222 e. The van der Waals surface area contributed by atoms with Crippen LogP contribution in [0.4, 0.5) is 0 Å². The fourth-order valence-electron chi connectivity index (χ4n) is 4.09. The molecular weight excluding hydrogens is 486 g/mol. The van der Waals surface area contributed by atoms with E-state index in [4.69, 9.17) is 28.4 Å². The minimum atomic E-state index is 0.188. The molecular formula is C30H61NO7. The van der Waals surface area contributed by atoms with Crippen molar-refractivity contribution in [3.8, 4) is 0 Å². The van der Waals surface area contributed by atoms with E-state index in [1.54, 1.807) is 14.2 Å². The summed E-state index contributed by atoms with van der Waals surface area (Å²) in [5, 5.41) is 0. The Morgan fingerprint density at radius 1 is 0.474 bits per heavy atom. The van der Waals surface area contributed by atoms with Crippen LogP contribution in [0.2, 0.25) is 0 Å². The number of nitrogens with zero attached hydrogens (tertiary/aromatic N) is 1. The van der Waals surface area contributed by atoms with Crippen LogP contribution in [0.3, 0.4) is 0 Å². The first-order chi connectivity index (χ1) is 18.8. The Balaban J connectivity index is 3.97. The number of carbonyl (C=O) groups is 1. The first kappa shape index (κ1) is 37.2. The summed E-state index contributed by atoms with van der Waals surface area (Å²) in [5.41, 5.74) is 0. The molecule has 0 unspecified atom stereocenters. The fraction of sp³-hybridized carbons (Fsp3) is 0.967. The zero-order chi connectivity index (χ0) is 27.8. The number of methoxy groups -OCH3 is 2. The second-order valence-electron chi connectivity index (χ2n) is 9.81. The summed E-state index contributed by atoms with van der Waals surface area (Å²) in [4.78, 5) is 14.7. The lowest BCUT2D eigenvalue weighted by Gasteiger charge is -2.23. The lowest BCUT2D eigenvalue weighted by atomic mass is 10.0. The van der Waals surface area contributed by atoms with Gasteiger partial charge in [-0.1, -0.05) is 84.0 Å². The van der Waals surface area contributed by atoms with Crippen molar-refractivity contribution in [3.05, 3.63) is 0 Å². The highest BCUT2D eigenvalue weighted by Crippen LogP contribution is 2.13. The minimum Gasteiger partial charge on any atom is -0.382 e. The second kappa shape index (κ2) is 32.4. The van der Waals surface area contributed by atoms with Gasteiger partial charge in [0.05, 0.1) is 66.1 Å². The van der Waals surface area contributed by atoms with E-state index < -0.39 is 0 Å². The second-order valence-corrected chi connectivity index (χ2v) is 9.81. The van der Waals surface area contributed by atoms with E-state index in [0.717, 1.165) is 12.8 Å². The summed E-state index contributed by atoms with van der Waals surface area (Å²) in [6.07, 6.45) is 17.6. The molecule has 0 saturated heterocycles. The number of amides is 1. The third kappa shape index (κ3) is 28.2. The maximum Gasteiger partial charge on any atom is 0.222 e. The van der Waals surface area contributed by atoms with Gasteiger partial charge in [-0.2, -0.15) is 0 Å². The highest BCUT2D eigenvalue weighted by Gasteiger charge is 2.13. The van der Waals surface area contributed by atoms with Gasteiger partial charge in [0.25, 0.3) is 0 Å². The normalized spacial score (nSPS) is 11.3. The lowest BCUT2D eigenvalue weighted by molar-refractivity contribution is -0.133. The molecule has 0 aromatic rings. The summed E-state index contributed by atoms with van der Waals surface area (Å²) in [7, 11) is 3.31. The van der Waals surface area contributed by atoms with Crippen LogP contribution in [0.5, 0.6) is 0 Å². The minimum absolute atomic E-state index is 0.188. The van der Waals surface area contributed by atoms with Gasteiger partial charge in [0.15, 0.2) is 0 Å². The van der Waals surface area contributed by atoms with E-state index in [1.807, 2.05) is 4.90 Å². The van der Waals surface area contributed by atoms with Gasteiger partial charge in [0.1, 0.15) is 0 Å². The molecule has 1 amide bonds. The number of unbranched alkanes of at least 4 members (excludes halogenated alkanes) is 12. The molecule has 38 heavy (non-hydrogen) atoms. The molecule has 0 spiro atoms. The third-order valence-corrected chi connectivity index (χ3v) is 6.47. The van der Waals surface area contributed by atoms with Crippen molar-refractivity contribution in [2.45, 2.75) is 96.8 Å². The lowest BCUT2D eigenvalue weighted by Crippen LogP contribution is -2.37. The number of hydrogen-bond acceptors (Lipinski definition) is 7. The number of ether oxygens (including phenoxy) is 6. The summed E-state index contributed by atoms with van der Waals surface area (Å²) in [5.74, 6) is 0.188. The molecule has 0 aliphatic heterocycles. The van der Waals surface area contributed by atoms with E-state index >= 15 is 0 Å². The van der Waals surface area contributed by atoms with Crippen LogP contribution in [0.1, 0.15) is 96.8 Å². The molecule has 0 heterocycles. The molecule has 0 radical (unpaired) electrons. The van der Waals surface area contributed by atoms with Crippen molar-refractivity contribution < 1.29 is 33.2 Å². The monoisotopic (exact) mass is 547 g/mol. The maximum atomic E-state index is 12.9. The van der Waals surface area contributed by atoms with Gasteiger partial charge in [-0.25, -0.2) is 0 Å². The van der Waals surface area contributed by atoms with E-state index in [-0.39, 0.29) is 5.91 Å². The summed E-state index contributed by atoms with van der Waals surface area (Å²) < 4.78 is 32.1. The number of rotatable bonds is 32. The van der Waals surface area contributed by atoms with Gasteiger partial charge in [0, 0.05) is 33.7 Å². The highest BCUT2D eigenvalue weighted by molar-refractivity contribution is 5.76. The van der Waals surface area contributed by atoms with Crippen LogP contribution in [0.15, 0.2) is 0 Å². The standard InChI is InChI=1S/C30H61NO7/c1-4-5-6-7-8-9-10-11-12-13-14-15-16-17-30(32)31(18-20-35-26-28-37-24-22-33-2)19-21-36-27-29-38-25-23-34-3/h4-29H2,1-3H3.